The zero-order valence-corrected chi connectivity index (χ0v) is 14.6. The number of amides is 2. The first-order valence-corrected chi connectivity index (χ1v) is 8.72. The number of hydrogen-bond donors (Lipinski definition) is 1. The molecule has 0 saturated carbocycles. The van der Waals surface area contributed by atoms with Crippen molar-refractivity contribution >= 4 is 12.0 Å². The number of carbonyl (C=O) groups is 2. The molecule has 0 spiro atoms. The van der Waals surface area contributed by atoms with Crippen LogP contribution in [0.4, 0.5) is 4.79 Å². The maximum atomic E-state index is 12.7. The van der Waals surface area contributed by atoms with Crippen LogP contribution in [0.3, 0.4) is 0 Å². The lowest BCUT2D eigenvalue weighted by Gasteiger charge is -2.36. The molecule has 5 nitrogen and oxygen atoms in total. The van der Waals surface area contributed by atoms with E-state index in [4.69, 9.17) is 4.74 Å². The average molecular weight is 330 g/mol. The third-order valence-corrected chi connectivity index (χ3v) is 5.48. The van der Waals surface area contributed by atoms with Crippen LogP contribution in [0.2, 0.25) is 0 Å². The number of piperidine rings is 1. The number of urea groups is 1. The van der Waals surface area contributed by atoms with Crippen molar-refractivity contribution in [3.05, 3.63) is 35.4 Å². The Morgan fingerprint density at radius 1 is 1.21 bits per heavy atom. The van der Waals surface area contributed by atoms with Crippen LogP contribution in [0.25, 0.3) is 0 Å². The molecule has 1 aliphatic heterocycles. The number of esters is 1. The fraction of sp³-hybridized carbons (Fsp3) is 0.579. The number of benzene rings is 1. The van der Waals surface area contributed by atoms with Crippen LogP contribution in [0.1, 0.15) is 37.4 Å². The van der Waals surface area contributed by atoms with Crippen LogP contribution in [-0.2, 0) is 16.0 Å². The van der Waals surface area contributed by atoms with Gasteiger partial charge in [0.2, 0.25) is 0 Å². The number of methoxy groups -OCH3 is 1. The number of fused-ring (bicyclic) bond motifs is 1. The van der Waals surface area contributed by atoms with E-state index in [9.17, 15) is 9.59 Å². The zero-order chi connectivity index (χ0) is 17.3. The van der Waals surface area contributed by atoms with Gasteiger partial charge in [-0.2, -0.15) is 0 Å². The molecule has 1 saturated heterocycles. The Kier molecular flexibility index (Phi) is 4.78. The second kappa shape index (κ2) is 6.83. The molecular formula is C19H26N2O3. The topological polar surface area (TPSA) is 58.6 Å². The number of ether oxygens (including phenoxy) is 1. The third-order valence-electron chi connectivity index (χ3n) is 5.48. The molecule has 24 heavy (non-hydrogen) atoms. The van der Waals surface area contributed by atoms with Crippen molar-refractivity contribution in [3.63, 3.8) is 0 Å². The molecule has 2 amide bonds. The average Bonchev–Trinajstić information content (AvgIpc) is 2.89. The highest BCUT2D eigenvalue weighted by molar-refractivity contribution is 5.76. The van der Waals surface area contributed by atoms with E-state index in [0.717, 1.165) is 6.42 Å². The molecule has 1 aliphatic carbocycles. The number of nitrogens with zero attached hydrogens (tertiary/aromatic N) is 1. The highest BCUT2D eigenvalue weighted by Crippen LogP contribution is 2.36. The molecule has 1 aromatic rings. The predicted octanol–water partition coefficient (Wildman–Crippen LogP) is 2.76. The highest BCUT2D eigenvalue weighted by atomic mass is 16.5. The molecule has 5 heteroatoms. The van der Waals surface area contributed by atoms with Crippen molar-refractivity contribution in [1.29, 1.82) is 0 Å². The van der Waals surface area contributed by atoms with Gasteiger partial charge < -0.3 is 15.0 Å². The van der Waals surface area contributed by atoms with Crippen LogP contribution in [0.15, 0.2) is 24.3 Å². The SMILES string of the molecule is COC(=O)[C@@H]1CCN(C(=O)N[C@@H]2c3ccccc3C[C@@H]2C)C[C@H]1C. The van der Waals surface area contributed by atoms with E-state index in [-0.39, 0.29) is 29.9 Å². The second-order valence-corrected chi connectivity index (χ2v) is 7.15. The minimum absolute atomic E-state index is 0.0290. The van der Waals surface area contributed by atoms with Gasteiger partial charge in [0, 0.05) is 13.1 Å². The summed E-state index contributed by atoms with van der Waals surface area (Å²) in [5, 5.41) is 3.20. The van der Waals surface area contributed by atoms with Gasteiger partial charge in [-0.25, -0.2) is 4.79 Å². The van der Waals surface area contributed by atoms with Crippen LogP contribution in [0.5, 0.6) is 0 Å². The molecular weight excluding hydrogens is 304 g/mol. The number of nitrogens with one attached hydrogen (secondary N) is 1. The Labute approximate surface area is 143 Å². The molecule has 1 fully saturated rings. The van der Waals surface area contributed by atoms with Gasteiger partial charge in [-0.3, -0.25) is 4.79 Å². The fourth-order valence-electron chi connectivity index (χ4n) is 4.07. The Hall–Kier alpha value is -2.04. The van der Waals surface area contributed by atoms with Crippen LogP contribution in [-0.4, -0.2) is 37.1 Å². The monoisotopic (exact) mass is 330 g/mol. The summed E-state index contributed by atoms with van der Waals surface area (Å²) in [5.41, 5.74) is 2.56. The van der Waals surface area contributed by atoms with Crippen LogP contribution < -0.4 is 5.32 Å². The van der Waals surface area contributed by atoms with Gasteiger partial charge in [0.05, 0.1) is 19.1 Å². The molecule has 3 rings (SSSR count). The lowest BCUT2D eigenvalue weighted by molar-refractivity contribution is -0.148. The van der Waals surface area contributed by atoms with Crippen molar-refractivity contribution in [1.82, 2.24) is 10.2 Å². The van der Waals surface area contributed by atoms with E-state index < -0.39 is 0 Å². The van der Waals surface area contributed by atoms with Crippen molar-refractivity contribution in [2.45, 2.75) is 32.7 Å². The molecule has 130 valence electrons. The smallest absolute Gasteiger partial charge is 0.317 e. The summed E-state index contributed by atoms with van der Waals surface area (Å²) >= 11 is 0. The van der Waals surface area contributed by atoms with E-state index in [0.29, 0.717) is 25.4 Å². The molecule has 0 aromatic heterocycles. The minimum atomic E-state index is -0.166. The van der Waals surface area contributed by atoms with Gasteiger partial charge in [0.1, 0.15) is 0 Å². The van der Waals surface area contributed by atoms with E-state index in [1.807, 2.05) is 17.9 Å². The molecule has 0 radical (unpaired) electrons. The Morgan fingerprint density at radius 3 is 2.67 bits per heavy atom. The van der Waals surface area contributed by atoms with Gasteiger partial charge in [-0.1, -0.05) is 38.1 Å². The van der Waals surface area contributed by atoms with Crippen LogP contribution >= 0.6 is 0 Å². The molecule has 0 unspecified atom stereocenters. The maximum Gasteiger partial charge on any atom is 0.317 e. The van der Waals surface area contributed by atoms with Crippen molar-refractivity contribution in [3.8, 4) is 0 Å². The zero-order valence-electron chi connectivity index (χ0n) is 14.6. The minimum Gasteiger partial charge on any atom is -0.469 e. The first-order valence-electron chi connectivity index (χ1n) is 8.72. The van der Waals surface area contributed by atoms with E-state index in [1.54, 1.807) is 0 Å². The number of likely N-dealkylation sites (tertiary alicyclic amines) is 1. The quantitative estimate of drug-likeness (QED) is 0.848. The summed E-state index contributed by atoms with van der Waals surface area (Å²) in [7, 11) is 1.42. The van der Waals surface area contributed by atoms with Crippen molar-refractivity contribution in [2.75, 3.05) is 20.2 Å². The molecule has 4 atom stereocenters. The number of hydrogen-bond acceptors (Lipinski definition) is 3. The Morgan fingerprint density at radius 2 is 1.96 bits per heavy atom. The van der Waals surface area contributed by atoms with Crippen molar-refractivity contribution < 1.29 is 14.3 Å². The van der Waals surface area contributed by atoms with E-state index >= 15 is 0 Å². The summed E-state index contributed by atoms with van der Waals surface area (Å²) in [6.45, 7) is 5.37. The normalized spacial score (nSPS) is 29.0. The summed E-state index contributed by atoms with van der Waals surface area (Å²) in [6.07, 6.45) is 1.67. The molecule has 2 aliphatic rings. The fourth-order valence-corrected chi connectivity index (χ4v) is 4.07. The van der Waals surface area contributed by atoms with Gasteiger partial charge in [0.25, 0.3) is 0 Å². The second-order valence-electron chi connectivity index (χ2n) is 7.15. The number of rotatable bonds is 2. The largest absolute Gasteiger partial charge is 0.469 e. The summed E-state index contributed by atoms with van der Waals surface area (Å²) in [6, 6.07) is 8.37. The van der Waals surface area contributed by atoms with Gasteiger partial charge in [-0.15, -0.1) is 0 Å². The van der Waals surface area contributed by atoms with Gasteiger partial charge >= 0.3 is 12.0 Å². The lowest BCUT2D eigenvalue weighted by Crippen LogP contribution is -2.50. The standard InChI is InChI=1S/C19H26N2O3/c1-12-10-14-6-4-5-7-16(14)17(12)20-19(23)21-9-8-15(13(2)11-21)18(22)24-3/h4-7,12-13,15,17H,8-11H2,1-3H3,(H,20,23)/t12-,13+,15+,17-/m0/s1. The molecule has 1 heterocycles. The summed E-state index contributed by atoms with van der Waals surface area (Å²) in [4.78, 5) is 26.3. The predicted molar refractivity (Wildman–Crippen MR) is 91.4 cm³/mol. The molecule has 1 aromatic carbocycles. The molecule has 1 N–H and O–H groups in total. The van der Waals surface area contributed by atoms with Gasteiger partial charge in [-0.05, 0) is 35.8 Å². The van der Waals surface area contributed by atoms with Crippen molar-refractivity contribution in [2.24, 2.45) is 17.8 Å². The van der Waals surface area contributed by atoms with Gasteiger partial charge in [0.15, 0.2) is 0 Å². The number of carbonyl (C=O) groups excluding carboxylic acids is 2. The summed E-state index contributed by atoms with van der Waals surface area (Å²) < 4.78 is 4.86. The first kappa shape index (κ1) is 16.8. The van der Waals surface area contributed by atoms with E-state index in [1.165, 1.54) is 18.2 Å². The Bertz CT molecular complexity index is 631. The third kappa shape index (κ3) is 3.12. The maximum absolute atomic E-state index is 12.7. The Balaban J connectivity index is 1.63. The molecule has 0 bridgehead atoms. The highest BCUT2D eigenvalue weighted by Gasteiger charge is 2.36. The van der Waals surface area contributed by atoms with E-state index in [2.05, 4.69) is 30.4 Å². The summed E-state index contributed by atoms with van der Waals surface area (Å²) in [5.74, 6) is 0.243. The lowest BCUT2D eigenvalue weighted by atomic mass is 9.87. The first-order chi connectivity index (χ1) is 11.5. The van der Waals surface area contributed by atoms with Crippen LogP contribution in [0, 0.1) is 17.8 Å².